The molecule has 1 aliphatic carbocycles. The molecule has 2 aliphatic heterocycles. The number of ketones is 1. The van der Waals surface area contributed by atoms with Crippen LogP contribution in [0.2, 0.25) is 10.0 Å². The number of cyclic esters (lactones) is 1. The van der Waals surface area contributed by atoms with Crippen molar-refractivity contribution in [2.24, 2.45) is 0 Å². The topological polar surface area (TPSA) is 46.6 Å². The number of rotatable bonds is 2. The Labute approximate surface area is 200 Å². The van der Waals surface area contributed by atoms with Gasteiger partial charge < -0.3 is 9.64 Å². The molecule has 0 amide bonds. The first kappa shape index (κ1) is 20.3. The molecule has 3 aromatic rings. The van der Waals surface area contributed by atoms with Gasteiger partial charge in [0.2, 0.25) is 0 Å². The molecule has 6 rings (SSSR count). The summed E-state index contributed by atoms with van der Waals surface area (Å²) in [5.74, 6) is -1.19. The fourth-order valence-corrected chi connectivity index (χ4v) is 5.49. The second-order valence-electron chi connectivity index (χ2n) is 8.34. The average molecular weight is 474 g/mol. The summed E-state index contributed by atoms with van der Waals surface area (Å²) in [5.41, 5.74) is 6.55. The van der Waals surface area contributed by atoms with Crippen LogP contribution in [0.25, 0.3) is 5.70 Å². The Morgan fingerprint density at radius 2 is 1.64 bits per heavy atom. The molecule has 0 N–H and O–H groups in total. The van der Waals surface area contributed by atoms with E-state index in [-0.39, 0.29) is 12.4 Å². The second-order valence-corrected chi connectivity index (χ2v) is 9.19. The van der Waals surface area contributed by atoms with Crippen molar-refractivity contribution in [2.75, 3.05) is 11.5 Å². The number of aryl methyl sites for hydroxylation is 1. The smallest absolute Gasteiger partial charge is 0.337 e. The van der Waals surface area contributed by atoms with E-state index in [1.54, 1.807) is 18.2 Å². The SMILES string of the molecule is Cc1ccc(N2C3=C(C(=O)OC3)C(c3ccc(Cl)cc3Cl)C3=C2c2ccccc2C3=O)cc1. The van der Waals surface area contributed by atoms with Crippen LogP contribution in [0.5, 0.6) is 0 Å². The molecule has 0 bridgehead atoms. The van der Waals surface area contributed by atoms with Crippen LogP contribution in [0, 0.1) is 6.92 Å². The Morgan fingerprint density at radius 3 is 2.36 bits per heavy atom. The highest BCUT2D eigenvalue weighted by Gasteiger charge is 2.49. The molecular weight excluding hydrogens is 457 g/mol. The molecule has 33 heavy (non-hydrogen) atoms. The number of ether oxygens (including phenoxy) is 1. The number of nitrogens with zero attached hydrogens (tertiary/aromatic N) is 1. The lowest BCUT2D eigenvalue weighted by Gasteiger charge is -2.35. The fraction of sp³-hybridized carbons (Fsp3) is 0.111. The number of hydrogen-bond acceptors (Lipinski definition) is 4. The predicted molar refractivity (Wildman–Crippen MR) is 129 cm³/mol. The lowest BCUT2D eigenvalue weighted by Crippen LogP contribution is -2.30. The maximum Gasteiger partial charge on any atom is 0.337 e. The predicted octanol–water partition coefficient (Wildman–Crippen LogP) is 6.32. The third kappa shape index (κ3) is 2.91. The van der Waals surface area contributed by atoms with E-state index in [0.717, 1.165) is 28.2 Å². The van der Waals surface area contributed by atoms with Crippen LogP contribution >= 0.6 is 23.2 Å². The van der Waals surface area contributed by atoms with Gasteiger partial charge in [0.25, 0.3) is 0 Å². The Kier molecular flexibility index (Phi) is 4.51. The maximum absolute atomic E-state index is 13.8. The number of anilines is 1. The Morgan fingerprint density at radius 1 is 0.909 bits per heavy atom. The van der Waals surface area contributed by atoms with Gasteiger partial charge in [-0.25, -0.2) is 4.79 Å². The van der Waals surface area contributed by atoms with Crippen molar-refractivity contribution < 1.29 is 14.3 Å². The van der Waals surface area contributed by atoms with Gasteiger partial charge in [0, 0.05) is 32.4 Å². The number of allylic oxidation sites excluding steroid dienone is 1. The summed E-state index contributed by atoms with van der Waals surface area (Å²) in [5, 5.41) is 0.887. The summed E-state index contributed by atoms with van der Waals surface area (Å²) in [7, 11) is 0. The van der Waals surface area contributed by atoms with Gasteiger partial charge in [0.05, 0.1) is 22.9 Å². The molecule has 6 heteroatoms. The molecule has 3 aromatic carbocycles. The van der Waals surface area contributed by atoms with Crippen LogP contribution in [0.15, 0.2) is 83.6 Å². The van der Waals surface area contributed by atoms with E-state index < -0.39 is 11.9 Å². The molecule has 2 heterocycles. The highest BCUT2D eigenvalue weighted by atomic mass is 35.5. The van der Waals surface area contributed by atoms with E-state index in [9.17, 15) is 9.59 Å². The first-order chi connectivity index (χ1) is 16.0. The van der Waals surface area contributed by atoms with Gasteiger partial charge in [-0.2, -0.15) is 0 Å². The molecular formula is C27H17Cl2NO3. The summed E-state index contributed by atoms with van der Waals surface area (Å²) < 4.78 is 5.52. The van der Waals surface area contributed by atoms with Crippen molar-refractivity contribution >= 4 is 46.3 Å². The van der Waals surface area contributed by atoms with Gasteiger partial charge in [-0.1, -0.05) is 71.2 Å². The summed E-state index contributed by atoms with van der Waals surface area (Å²) in [6.45, 7) is 2.14. The molecule has 0 radical (unpaired) electrons. The van der Waals surface area contributed by atoms with Crippen LogP contribution in [-0.4, -0.2) is 18.4 Å². The van der Waals surface area contributed by atoms with E-state index in [0.29, 0.717) is 32.3 Å². The van der Waals surface area contributed by atoms with Gasteiger partial charge in [-0.3, -0.25) is 4.79 Å². The number of Topliss-reactive ketones (excluding diaryl/α,β-unsaturated/α-hetero) is 1. The number of fused-ring (bicyclic) bond motifs is 2. The number of hydrogen-bond donors (Lipinski definition) is 0. The second kappa shape index (κ2) is 7.34. The van der Waals surface area contributed by atoms with Crippen molar-refractivity contribution in [1.29, 1.82) is 0 Å². The zero-order valence-corrected chi connectivity index (χ0v) is 19.1. The summed E-state index contributed by atoms with van der Waals surface area (Å²) in [4.78, 5) is 28.8. The van der Waals surface area contributed by atoms with Crippen LogP contribution in [0.4, 0.5) is 5.69 Å². The zero-order valence-electron chi connectivity index (χ0n) is 17.6. The third-order valence-electron chi connectivity index (χ3n) is 6.43. The quantitative estimate of drug-likeness (QED) is 0.408. The molecule has 3 aliphatic rings. The van der Waals surface area contributed by atoms with Crippen molar-refractivity contribution in [3.05, 3.63) is 116 Å². The van der Waals surface area contributed by atoms with Gasteiger partial charge in [0.15, 0.2) is 5.78 Å². The molecule has 1 unspecified atom stereocenters. The molecule has 0 fully saturated rings. The van der Waals surface area contributed by atoms with Gasteiger partial charge in [0.1, 0.15) is 6.61 Å². The minimum atomic E-state index is -0.642. The molecule has 4 nitrogen and oxygen atoms in total. The summed E-state index contributed by atoms with van der Waals surface area (Å²) in [6, 6.07) is 20.7. The normalized spacial score (nSPS) is 19.0. The number of halogens is 2. The maximum atomic E-state index is 13.8. The number of benzene rings is 3. The zero-order chi connectivity index (χ0) is 22.9. The Hall–Kier alpha value is -3.34. The first-order valence-electron chi connectivity index (χ1n) is 10.6. The molecule has 0 saturated heterocycles. The van der Waals surface area contributed by atoms with Crippen LogP contribution < -0.4 is 4.90 Å². The first-order valence-corrected chi connectivity index (χ1v) is 11.3. The number of esters is 1. The van der Waals surface area contributed by atoms with Crippen LogP contribution in [0.1, 0.15) is 33.0 Å². The largest absolute Gasteiger partial charge is 0.456 e. The lowest BCUT2D eigenvalue weighted by atomic mass is 9.79. The number of carbonyl (C=O) groups excluding carboxylic acids is 2. The van der Waals surface area contributed by atoms with E-state index in [2.05, 4.69) is 0 Å². The van der Waals surface area contributed by atoms with E-state index in [1.165, 1.54) is 0 Å². The van der Waals surface area contributed by atoms with E-state index in [1.807, 2.05) is 60.4 Å². The monoisotopic (exact) mass is 473 g/mol. The van der Waals surface area contributed by atoms with E-state index in [4.69, 9.17) is 27.9 Å². The number of carbonyl (C=O) groups is 2. The highest BCUT2D eigenvalue weighted by molar-refractivity contribution is 6.35. The summed E-state index contributed by atoms with van der Waals surface area (Å²) >= 11 is 12.8. The van der Waals surface area contributed by atoms with Crippen molar-refractivity contribution in [3.63, 3.8) is 0 Å². The minimum absolute atomic E-state index is 0.111. The third-order valence-corrected chi connectivity index (χ3v) is 7.00. The van der Waals surface area contributed by atoms with Crippen molar-refractivity contribution in [3.8, 4) is 0 Å². The minimum Gasteiger partial charge on any atom is -0.456 e. The molecule has 0 aromatic heterocycles. The van der Waals surface area contributed by atoms with Crippen LogP contribution in [-0.2, 0) is 9.53 Å². The Bertz CT molecular complexity index is 1440. The fourth-order valence-electron chi connectivity index (χ4n) is 4.98. The van der Waals surface area contributed by atoms with Crippen molar-refractivity contribution in [2.45, 2.75) is 12.8 Å². The summed E-state index contributed by atoms with van der Waals surface area (Å²) in [6.07, 6.45) is 0. The van der Waals surface area contributed by atoms with Crippen LogP contribution in [0.3, 0.4) is 0 Å². The molecule has 1 atom stereocenters. The van der Waals surface area contributed by atoms with E-state index >= 15 is 0 Å². The molecule has 0 saturated carbocycles. The highest BCUT2D eigenvalue weighted by Crippen LogP contribution is 2.54. The lowest BCUT2D eigenvalue weighted by molar-refractivity contribution is -0.136. The molecule has 0 spiro atoms. The van der Waals surface area contributed by atoms with Gasteiger partial charge in [-0.05, 0) is 36.8 Å². The molecule has 162 valence electrons. The van der Waals surface area contributed by atoms with Gasteiger partial charge in [-0.15, -0.1) is 0 Å². The van der Waals surface area contributed by atoms with Gasteiger partial charge >= 0.3 is 5.97 Å². The van der Waals surface area contributed by atoms with Crippen molar-refractivity contribution in [1.82, 2.24) is 0 Å². The standard InChI is InChI=1S/C27H17Cl2NO3/c1-14-6-9-16(10-7-14)30-21-13-33-27(32)23(21)22(19-11-8-15(28)12-20(19)29)24-25(30)17-4-2-3-5-18(17)26(24)31/h2-12,22H,13H2,1H3. The average Bonchev–Trinajstić information content (AvgIpc) is 3.32. The Balaban J connectivity index is 1.68.